The molecule has 2 rings (SSSR count). The van der Waals surface area contributed by atoms with Crippen molar-refractivity contribution in [3.63, 3.8) is 0 Å². The lowest BCUT2D eigenvalue weighted by molar-refractivity contribution is 0.227. The molecule has 0 aliphatic heterocycles. The van der Waals surface area contributed by atoms with E-state index in [-0.39, 0.29) is 10.5 Å². The molecule has 0 saturated carbocycles. The predicted molar refractivity (Wildman–Crippen MR) is 142 cm³/mol. The van der Waals surface area contributed by atoms with Gasteiger partial charge in [0.15, 0.2) is 0 Å². The molecule has 0 fully saturated rings. The Balaban J connectivity index is 0.000000320. The number of hydrogen-bond donors (Lipinski definition) is 0. The zero-order valence-electron chi connectivity index (χ0n) is 19.1. The van der Waals surface area contributed by atoms with Crippen LogP contribution in [0.2, 0.25) is 10.0 Å². The summed E-state index contributed by atoms with van der Waals surface area (Å²) < 4.78 is 0. The Kier molecular flexibility index (Phi) is 14.6. The number of thioether (sulfide) groups is 2. The normalized spacial score (nSPS) is 10.2. The van der Waals surface area contributed by atoms with Gasteiger partial charge < -0.3 is 9.80 Å². The Labute approximate surface area is 211 Å². The minimum Gasteiger partial charge on any atom is -0.334 e. The molecule has 0 aliphatic rings. The molecule has 0 unspecified atom stereocenters. The first-order valence-electron chi connectivity index (χ1n) is 10.7. The highest BCUT2D eigenvalue weighted by molar-refractivity contribution is 8.13. The fourth-order valence-electron chi connectivity index (χ4n) is 2.60. The minimum atomic E-state index is 0.139. The Morgan fingerprint density at radius 1 is 0.625 bits per heavy atom. The lowest BCUT2D eigenvalue weighted by atomic mass is 10.2. The van der Waals surface area contributed by atoms with Crippen LogP contribution in [0.1, 0.15) is 38.8 Å². The number of nitrogens with zero attached hydrogens (tertiary/aromatic N) is 2. The molecule has 0 aromatic heterocycles. The van der Waals surface area contributed by atoms with Crippen LogP contribution in [-0.4, -0.2) is 46.5 Å². The van der Waals surface area contributed by atoms with E-state index in [0.29, 0.717) is 11.5 Å². The molecule has 176 valence electrons. The van der Waals surface area contributed by atoms with Crippen LogP contribution in [0.4, 0.5) is 9.59 Å². The second-order valence-corrected chi connectivity index (χ2v) is 9.43. The van der Waals surface area contributed by atoms with E-state index in [2.05, 4.69) is 0 Å². The van der Waals surface area contributed by atoms with Crippen molar-refractivity contribution >= 4 is 57.2 Å². The van der Waals surface area contributed by atoms with E-state index in [1.807, 2.05) is 86.0 Å². The van der Waals surface area contributed by atoms with Gasteiger partial charge in [0.25, 0.3) is 10.5 Å². The number of rotatable bonds is 8. The van der Waals surface area contributed by atoms with Gasteiger partial charge in [0.1, 0.15) is 0 Å². The summed E-state index contributed by atoms with van der Waals surface area (Å²) in [6.07, 6.45) is 0. The van der Waals surface area contributed by atoms with Crippen LogP contribution in [0.25, 0.3) is 0 Å². The summed E-state index contributed by atoms with van der Waals surface area (Å²) in [6.45, 7) is 11.0. The predicted octanol–water partition coefficient (Wildman–Crippen LogP) is 8.07. The Morgan fingerprint density at radius 2 is 0.906 bits per heavy atom. The fourth-order valence-corrected chi connectivity index (χ4v) is 4.70. The van der Waals surface area contributed by atoms with Crippen molar-refractivity contribution < 1.29 is 9.59 Å². The van der Waals surface area contributed by atoms with Crippen LogP contribution in [0.15, 0.2) is 48.5 Å². The molecule has 8 heteroatoms. The van der Waals surface area contributed by atoms with Crippen molar-refractivity contribution in [2.75, 3.05) is 26.2 Å². The summed E-state index contributed by atoms with van der Waals surface area (Å²) in [6, 6.07) is 15.2. The first-order valence-corrected chi connectivity index (χ1v) is 13.4. The highest BCUT2D eigenvalue weighted by atomic mass is 35.5. The average molecular weight is 516 g/mol. The van der Waals surface area contributed by atoms with Crippen LogP contribution in [0.3, 0.4) is 0 Å². The third-order valence-corrected chi connectivity index (χ3v) is 7.06. The second kappa shape index (κ2) is 16.3. The molecule has 2 amide bonds. The molecule has 32 heavy (non-hydrogen) atoms. The van der Waals surface area contributed by atoms with E-state index in [4.69, 9.17) is 23.2 Å². The summed E-state index contributed by atoms with van der Waals surface area (Å²) >= 11 is 14.2. The maximum absolute atomic E-state index is 11.7. The van der Waals surface area contributed by atoms with Gasteiger partial charge in [-0.25, -0.2) is 0 Å². The van der Waals surface area contributed by atoms with Gasteiger partial charge in [-0.3, -0.25) is 9.59 Å². The van der Waals surface area contributed by atoms with Crippen molar-refractivity contribution in [3.8, 4) is 0 Å². The van der Waals surface area contributed by atoms with Crippen molar-refractivity contribution in [1.29, 1.82) is 0 Å². The lowest BCUT2D eigenvalue weighted by Gasteiger charge is -2.17. The first-order chi connectivity index (χ1) is 15.3. The molecule has 0 saturated heterocycles. The molecule has 2 aromatic carbocycles. The molecular formula is C24H32Cl2N2O2S2. The van der Waals surface area contributed by atoms with Gasteiger partial charge in [-0.15, -0.1) is 0 Å². The summed E-state index contributed by atoms with van der Waals surface area (Å²) in [7, 11) is 0. The molecule has 0 N–H and O–H groups in total. The molecule has 0 radical (unpaired) electrons. The van der Waals surface area contributed by atoms with Gasteiger partial charge in [-0.05, 0) is 63.1 Å². The minimum absolute atomic E-state index is 0.139. The smallest absolute Gasteiger partial charge is 0.281 e. The van der Waals surface area contributed by atoms with Gasteiger partial charge in [0, 0.05) is 47.7 Å². The standard InChI is InChI=1S/2C12H16ClNOS/c2*1-3-14(4-2)12(15)16-9-10-5-7-11(13)8-6-10/h2*5-8H,3-4,9H2,1-2H3. The highest BCUT2D eigenvalue weighted by Crippen LogP contribution is 2.19. The van der Waals surface area contributed by atoms with Crippen molar-refractivity contribution in [2.24, 2.45) is 0 Å². The van der Waals surface area contributed by atoms with Crippen molar-refractivity contribution in [2.45, 2.75) is 39.2 Å². The van der Waals surface area contributed by atoms with Gasteiger partial charge in [-0.1, -0.05) is 71.0 Å². The number of amides is 2. The SMILES string of the molecule is CCN(CC)C(=O)SCc1ccc(Cl)cc1.CCN(CC)C(=O)SCc1ccc(Cl)cc1. The monoisotopic (exact) mass is 514 g/mol. The van der Waals surface area contributed by atoms with Crippen LogP contribution in [0, 0.1) is 0 Å². The molecule has 0 atom stereocenters. The van der Waals surface area contributed by atoms with Crippen LogP contribution in [-0.2, 0) is 11.5 Å². The number of carbonyl (C=O) groups is 2. The molecule has 0 aliphatic carbocycles. The topological polar surface area (TPSA) is 40.6 Å². The summed E-state index contributed by atoms with van der Waals surface area (Å²) in [5.41, 5.74) is 2.24. The summed E-state index contributed by atoms with van der Waals surface area (Å²) in [4.78, 5) is 27.1. The summed E-state index contributed by atoms with van der Waals surface area (Å²) in [5.74, 6) is 1.40. The zero-order valence-corrected chi connectivity index (χ0v) is 22.3. The zero-order chi connectivity index (χ0) is 23.9. The van der Waals surface area contributed by atoms with Gasteiger partial charge in [0.2, 0.25) is 0 Å². The van der Waals surface area contributed by atoms with E-state index >= 15 is 0 Å². The molecular weight excluding hydrogens is 483 g/mol. The Hall–Kier alpha value is -1.34. The van der Waals surface area contributed by atoms with Gasteiger partial charge in [0.05, 0.1) is 0 Å². The highest BCUT2D eigenvalue weighted by Gasteiger charge is 2.10. The van der Waals surface area contributed by atoms with Gasteiger partial charge in [-0.2, -0.15) is 0 Å². The number of carbonyl (C=O) groups excluding carboxylic acids is 2. The third kappa shape index (κ3) is 11.0. The third-order valence-electron chi connectivity index (χ3n) is 4.59. The maximum Gasteiger partial charge on any atom is 0.281 e. The van der Waals surface area contributed by atoms with Crippen LogP contribution >= 0.6 is 46.7 Å². The number of benzene rings is 2. The molecule has 4 nitrogen and oxygen atoms in total. The van der Waals surface area contributed by atoms with E-state index in [0.717, 1.165) is 47.4 Å². The van der Waals surface area contributed by atoms with Gasteiger partial charge >= 0.3 is 0 Å². The molecule has 0 bridgehead atoms. The van der Waals surface area contributed by atoms with Crippen molar-refractivity contribution in [3.05, 3.63) is 69.7 Å². The molecule has 2 aromatic rings. The lowest BCUT2D eigenvalue weighted by Crippen LogP contribution is -2.26. The summed E-state index contributed by atoms with van der Waals surface area (Å²) in [5, 5.41) is 1.73. The van der Waals surface area contributed by atoms with E-state index in [9.17, 15) is 9.59 Å². The van der Waals surface area contributed by atoms with E-state index in [1.165, 1.54) is 23.5 Å². The number of halogens is 2. The van der Waals surface area contributed by atoms with Crippen LogP contribution in [0.5, 0.6) is 0 Å². The van der Waals surface area contributed by atoms with Crippen molar-refractivity contribution in [1.82, 2.24) is 9.80 Å². The molecule has 0 spiro atoms. The Bertz CT molecular complexity index is 740. The number of hydrogen-bond acceptors (Lipinski definition) is 4. The largest absolute Gasteiger partial charge is 0.334 e. The second-order valence-electron chi connectivity index (χ2n) is 6.71. The Morgan fingerprint density at radius 3 is 1.16 bits per heavy atom. The average Bonchev–Trinajstić information content (AvgIpc) is 2.80. The van der Waals surface area contributed by atoms with E-state index < -0.39 is 0 Å². The maximum atomic E-state index is 11.7. The molecule has 0 heterocycles. The first kappa shape index (κ1) is 28.7. The van der Waals surface area contributed by atoms with Crippen LogP contribution < -0.4 is 0 Å². The quantitative estimate of drug-likeness (QED) is 0.356. The fraction of sp³-hybridized carbons (Fsp3) is 0.417. The van der Waals surface area contributed by atoms with E-state index in [1.54, 1.807) is 0 Å².